The van der Waals surface area contributed by atoms with E-state index >= 15 is 0 Å². The minimum atomic E-state index is 0.641. The van der Waals surface area contributed by atoms with Crippen molar-refractivity contribution >= 4 is 11.1 Å². The maximum atomic E-state index is 5.81. The lowest BCUT2D eigenvalue weighted by atomic mass is 10.1. The summed E-state index contributed by atoms with van der Waals surface area (Å²) in [6, 6.07) is 11.8. The van der Waals surface area contributed by atoms with Gasteiger partial charge in [0.05, 0.1) is 7.11 Å². The zero-order valence-electron chi connectivity index (χ0n) is 11.2. The average Bonchev–Trinajstić information content (AvgIpc) is 2.82. The molecule has 3 rings (SSSR count). The van der Waals surface area contributed by atoms with Gasteiger partial charge >= 0.3 is 0 Å². The summed E-state index contributed by atoms with van der Waals surface area (Å²) >= 11 is 0. The van der Waals surface area contributed by atoms with Crippen LogP contribution in [-0.4, -0.2) is 12.1 Å². The Kier molecular flexibility index (Phi) is 2.75. The Morgan fingerprint density at radius 2 is 1.68 bits per heavy atom. The minimum Gasteiger partial charge on any atom is -0.497 e. The van der Waals surface area contributed by atoms with E-state index in [4.69, 9.17) is 9.15 Å². The molecule has 0 saturated heterocycles. The largest absolute Gasteiger partial charge is 0.497 e. The minimum absolute atomic E-state index is 0.641. The summed E-state index contributed by atoms with van der Waals surface area (Å²) in [6.07, 6.45) is 0. The molecule has 1 aromatic heterocycles. The Balaban J connectivity index is 2.09. The first-order valence-corrected chi connectivity index (χ1v) is 6.19. The van der Waals surface area contributed by atoms with Gasteiger partial charge < -0.3 is 9.15 Å². The van der Waals surface area contributed by atoms with Gasteiger partial charge in [0, 0.05) is 5.56 Å². The third kappa shape index (κ3) is 2.08. The van der Waals surface area contributed by atoms with Crippen molar-refractivity contribution in [3.63, 3.8) is 0 Å². The summed E-state index contributed by atoms with van der Waals surface area (Å²) in [5, 5.41) is 0. The van der Waals surface area contributed by atoms with Crippen LogP contribution in [0.3, 0.4) is 0 Å². The van der Waals surface area contributed by atoms with Gasteiger partial charge in [-0.25, -0.2) is 4.98 Å². The van der Waals surface area contributed by atoms with Gasteiger partial charge in [0.15, 0.2) is 5.58 Å². The first-order valence-electron chi connectivity index (χ1n) is 6.19. The molecule has 0 saturated carbocycles. The fourth-order valence-corrected chi connectivity index (χ4v) is 2.04. The average molecular weight is 253 g/mol. The molecule has 0 amide bonds. The maximum Gasteiger partial charge on any atom is 0.227 e. The molecule has 0 fully saturated rings. The summed E-state index contributed by atoms with van der Waals surface area (Å²) < 4.78 is 11.0. The number of hydrogen-bond donors (Lipinski definition) is 0. The lowest BCUT2D eigenvalue weighted by molar-refractivity contribution is 0.415. The van der Waals surface area contributed by atoms with Crippen molar-refractivity contribution in [3.8, 4) is 17.2 Å². The van der Waals surface area contributed by atoms with Crippen LogP contribution < -0.4 is 4.74 Å². The third-order valence-electron chi connectivity index (χ3n) is 3.34. The summed E-state index contributed by atoms with van der Waals surface area (Å²) in [4.78, 5) is 4.53. The van der Waals surface area contributed by atoms with Crippen molar-refractivity contribution in [1.29, 1.82) is 0 Å². The molecule has 0 aliphatic rings. The molecule has 3 aromatic rings. The van der Waals surface area contributed by atoms with Crippen molar-refractivity contribution in [3.05, 3.63) is 47.5 Å². The number of methoxy groups -OCH3 is 1. The summed E-state index contributed by atoms with van der Waals surface area (Å²) in [5.41, 5.74) is 5.11. The number of aromatic nitrogens is 1. The molecular formula is C16H15NO2. The van der Waals surface area contributed by atoms with Crippen LogP contribution in [0, 0.1) is 13.8 Å². The van der Waals surface area contributed by atoms with Gasteiger partial charge in [0.2, 0.25) is 5.89 Å². The van der Waals surface area contributed by atoms with Crippen LogP contribution in [0.1, 0.15) is 11.1 Å². The van der Waals surface area contributed by atoms with Crippen LogP contribution >= 0.6 is 0 Å². The van der Waals surface area contributed by atoms with Gasteiger partial charge in [-0.1, -0.05) is 0 Å². The van der Waals surface area contributed by atoms with E-state index < -0.39 is 0 Å². The zero-order chi connectivity index (χ0) is 13.4. The number of aryl methyl sites for hydroxylation is 2. The molecule has 0 atom stereocenters. The second-order valence-corrected chi connectivity index (χ2v) is 4.65. The topological polar surface area (TPSA) is 35.3 Å². The van der Waals surface area contributed by atoms with Crippen molar-refractivity contribution in [1.82, 2.24) is 4.98 Å². The van der Waals surface area contributed by atoms with Gasteiger partial charge in [0.1, 0.15) is 11.3 Å². The zero-order valence-corrected chi connectivity index (χ0v) is 11.2. The second kappa shape index (κ2) is 4.43. The quantitative estimate of drug-likeness (QED) is 0.689. The molecular weight excluding hydrogens is 238 g/mol. The molecule has 1 heterocycles. The summed E-state index contributed by atoms with van der Waals surface area (Å²) in [6.45, 7) is 4.15. The standard InChI is InChI=1S/C16H15NO2/c1-10-8-14-15(9-11(10)2)19-16(17-14)12-4-6-13(18-3)7-5-12/h4-9H,1-3H3. The Hall–Kier alpha value is -2.29. The number of fused-ring (bicyclic) bond motifs is 1. The number of oxazole rings is 1. The molecule has 96 valence electrons. The van der Waals surface area contributed by atoms with E-state index in [-0.39, 0.29) is 0 Å². The molecule has 0 radical (unpaired) electrons. The molecule has 3 heteroatoms. The predicted octanol–water partition coefficient (Wildman–Crippen LogP) is 4.12. The van der Waals surface area contributed by atoms with Gasteiger partial charge in [-0.3, -0.25) is 0 Å². The van der Waals surface area contributed by atoms with Gasteiger partial charge in [-0.05, 0) is 61.4 Å². The molecule has 0 bridgehead atoms. The van der Waals surface area contributed by atoms with E-state index in [1.165, 1.54) is 11.1 Å². The van der Waals surface area contributed by atoms with Crippen LogP contribution in [0.25, 0.3) is 22.6 Å². The van der Waals surface area contributed by atoms with Crippen LogP contribution in [-0.2, 0) is 0 Å². The summed E-state index contributed by atoms with van der Waals surface area (Å²) in [5.74, 6) is 1.47. The molecule has 0 unspecified atom stereocenters. The molecule has 0 spiro atoms. The first-order chi connectivity index (χ1) is 9.17. The van der Waals surface area contributed by atoms with E-state index in [0.29, 0.717) is 5.89 Å². The monoisotopic (exact) mass is 253 g/mol. The number of nitrogens with zero attached hydrogens (tertiary/aromatic N) is 1. The highest BCUT2D eigenvalue weighted by molar-refractivity contribution is 5.78. The van der Waals surface area contributed by atoms with Crippen molar-refractivity contribution in [2.75, 3.05) is 7.11 Å². The Bertz CT molecular complexity index is 687. The van der Waals surface area contributed by atoms with Gasteiger partial charge in [-0.2, -0.15) is 0 Å². The van der Waals surface area contributed by atoms with E-state index in [1.807, 2.05) is 30.3 Å². The number of ether oxygens (including phenoxy) is 1. The smallest absolute Gasteiger partial charge is 0.227 e. The van der Waals surface area contributed by atoms with Crippen LogP contribution in [0.5, 0.6) is 5.75 Å². The highest BCUT2D eigenvalue weighted by Crippen LogP contribution is 2.27. The van der Waals surface area contributed by atoms with Gasteiger partial charge in [-0.15, -0.1) is 0 Å². The Morgan fingerprint density at radius 3 is 2.37 bits per heavy atom. The number of hydrogen-bond acceptors (Lipinski definition) is 3. The number of benzene rings is 2. The van der Waals surface area contributed by atoms with Crippen LogP contribution in [0.4, 0.5) is 0 Å². The van der Waals surface area contributed by atoms with E-state index in [2.05, 4.69) is 24.9 Å². The molecule has 3 nitrogen and oxygen atoms in total. The Morgan fingerprint density at radius 1 is 1.00 bits per heavy atom. The highest BCUT2D eigenvalue weighted by Gasteiger charge is 2.09. The highest BCUT2D eigenvalue weighted by atomic mass is 16.5. The maximum absolute atomic E-state index is 5.81. The molecule has 0 aliphatic carbocycles. The Labute approximate surface area is 111 Å². The SMILES string of the molecule is COc1ccc(-c2nc3cc(C)c(C)cc3o2)cc1. The third-order valence-corrected chi connectivity index (χ3v) is 3.34. The normalized spacial score (nSPS) is 10.9. The first kappa shape index (κ1) is 11.8. The second-order valence-electron chi connectivity index (χ2n) is 4.65. The summed E-state index contributed by atoms with van der Waals surface area (Å²) in [7, 11) is 1.65. The molecule has 2 aromatic carbocycles. The lowest BCUT2D eigenvalue weighted by Gasteiger charge is -1.99. The van der Waals surface area contributed by atoms with Crippen molar-refractivity contribution < 1.29 is 9.15 Å². The molecule has 0 N–H and O–H groups in total. The van der Waals surface area contributed by atoms with Crippen LogP contribution in [0.2, 0.25) is 0 Å². The molecule has 19 heavy (non-hydrogen) atoms. The van der Waals surface area contributed by atoms with Crippen molar-refractivity contribution in [2.45, 2.75) is 13.8 Å². The fraction of sp³-hybridized carbons (Fsp3) is 0.188. The fourth-order valence-electron chi connectivity index (χ4n) is 2.04. The van der Waals surface area contributed by atoms with E-state index in [1.54, 1.807) is 7.11 Å². The predicted molar refractivity (Wildman–Crippen MR) is 75.5 cm³/mol. The lowest BCUT2D eigenvalue weighted by Crippen LogP contribution is -1.82. The van der Waals surface area contributed by atoms with Crippen molar-refractivity contribution in [2.24, 2.45) is 0 Å². The van der Waals surface area contributed by atoms with E-state index in [9.17, 15) is 0 Å². The van der Waals surface area contributed by atoms with Gasteiger partial charge in [0.25, 0.3) is 0 Å². The van der Waals surface area contributed by atoms with E-state index in [0.717, 1.165) is 22.4 Å². The number of rotatable bonds is 2. The van der Waals surface area contributed by atoms with Crippen LogP contribution in [0.15, 0.2) is 40.8 Å². The molecule has 0 aliphatic heterocycles.